The molecule has 2 atom stereocenters. The third-order valence-electron chi connectivity index (χ3n) is 3.98. The van der Waals surface area contributed by atoms with Gasteiger partial charge in [0.2, 0.25) is 0 Å². The molecule has 0 aromatic heterocycles. The molecule has 1 aromatic carbocycles. The Hall–Kier alpha value is -0.730. The van der Waals surface area contributed by atoms with Crippen LogP contribution in [0, 0.1) is 5.92 Å². The Labute approximate surface area is 128 Å². The van der Waals surface area contributed by atoms with Gasteiger partial charge in [-0.25, -0.2) is 0 Å². The van der Waals surface area contributed by atoms with Crippen LogP contribution in [0.5, 0.6) is 0 Å². The maximum atomic E-state index is 6.45. The summed E-state index contributed by atoms with van der Waals surface area (Å²) >= 11 is 6.45. The first-order valence-electron chi connectivity index (χ1n) is 7.57. The minimum absolute atomic E-state index is 0.0976. The van der Waals surface area contributed by atoms with E-state index in [1.807, 2.05) is 6.07 Å². The summed E-state index contributed by atoms with van der Waals surface area (Å²) in [6, 6.07) is 6.86. The molecule has 0 spiro atoms. The molecule has 0 saturated carbocycles. The minimum Gasteiger partial charge on any atom is -0.368 e. The number of nitrogens with one attached hydrogen (secondary N) is 1. The van der Waals surface area contributed by atoms with Crippen LogP contribution in [0.15, 0.2) is 18.2 Å². The van der Waals surface area contributed by atoms with Crippen molar-refractivity contribution in [3.05, 3.63) is 28.8 Å². The molecule has 112 valence electrons. The second-order valence-corrected chi connectivity index (χ2v) is 7.59. The lowest BCUT2D eigenvalue weighted by atomic mass is 10.1. The number of rotatable bonds is 3. The van der Waals surface area contributed by atoms with E-state index in [0.717, 1.165) is 24.0 Å². The first-order chi connectivity index (χ1) is 9.28. The largest absolute Gasteiger partial charge is 0.368 e. The zero-order chi connectivity index (χ0) is 14.9. The summed E-state index contributed by atoms with van der Waals surface area (Å²) in [5.41, 5.74) is 2.62. The molecule has 1 aromatic rings. The third kappa shape index (κ3) is 3.67. The van der Waals surface area contributed by atoms with E-state index < -0.39 is 0 Å². The van der Waals surface area contributed by atoms with Crippen molar-refractivity contribution in [2.45, 2.75) is 59.2 Å². The molecule has 1 aliphatic rings. The molecule has 0 amide bonds. The van der Waals surface area contributed by atoms with Crippen LogP contribution in [0.3, 0.4) is 0 Å². The highest BCUT2D eigenvalue weighted by Gasteiger charge is 2.28. The van der Waals surface area contributed by atoms with E-state index in [2.05, 4.69) is 57.0 Å². The van der Waals surface area contributed by atoms with Crippen LogP contribution < -0.4 is 10.2 Å². The monoisotopic (exact) mass is 294 g/mol. The summed E-state index contributed by atoms with van der Waals surface area (Å²) in [5.74, 6) is 0.757. The van der Waals surface area contributed by atoms with Crippen molar-refractivity contribution < 1.29 is 0 Å². The highest BCUT2D eigenvalue weighted by atomic mass is 35.5. The van der Waals surface area contributed by atoms with Crippen LogP contribution in [0.2, 0.25) is 5.02 Å². The molecular weight excluding hydrogens is 268 g/mol. The maximum Gasteiger partial charge on any atom is 0.0471 e. The Bertz CT molecular complexity index is 465. The van der Waals surface area contributed by atoms with Crippen LogP contribution in [0.1, 0.15) is 46.6 Å². The van der Waals surface area contributed by atoms with E-state index in [1.165, 1.54) is 17.7 Å². The molecule has 1 heterocycles. The fraction of sp³-hybridized carbons (Fsp3) is 0.647. The fourth-order valence-electron chi connectivity index (χ4n) is 2.98. The van der Waals surface area contributed by atoms with Gasteiger partial charge >= 0.3 is 0 Å². The minimum atomic E-state index is 0.0976. The SMILES string of the molecule is CC1CC(C)N(c2cccc(Cl)c2CNC(C)(C)C)C1. The molecule has 2 unspecified atom stereocenters. The molecule has 0 aliphatic carbocycles. The van der Waals surface area contributed by atoms with Crippen molar-refractivity contribution in [1.29, 1.82) is 0 Å². The molecule has 1 fully saturated rings. The van der Waals surface area contributed by atoms with Crippen LogP contribution in [-0.2, 0) is 6.54 Å². The van der Waals surface area contributed by atoms with Crippen molar-refractivity contribution in [1.82, 2.24) is 5.32 Å². The van der Waals surface area contributed by atoms with Gasteiger partial charge in [-0.15, -0.1) is 0 Å². The van der Waals surface area contributed by atoms with Gasteiger partial charge in [0.15, 0.2) is 0 Å². The lowest BCUT2D eigenvalue weighted by molar-refractivity contribution is 0.424. The standard InChI is InChI=1S/C17H27ClN2/c1-12-9-13(2)20(11-12)16-8-6-7-15(18)14(16)10-19-17(3,4)5/h6-8,12-13,19H,9-11H2,1-5H3. The Morgan fingerprint density at radius 1 is 1.30 bits per heavy atom. The topological polar surface area (TPSA) is 15.3 Å². The van der Waals surface area contributed by atoms with Crippen LogP contribution >= 0.6 is 11.6 Å². The van der Waals surface area contributed by atoms with Crippen LogP contribution in [-0.4, -0.2) is 18.1 Å². The normalized spacial score (nSPS) is 23.4. The van der Waals surface area contributed by atoms with Crippen molar-refractivity contribution >= 4 is 17.3 Å². The molecule has 1 saturated heterocycles. The maximum absolute atomic E-state index is 6.45. The second kappa shape index (κ2) is 5.95. The van der Waals surface area contributed by atoms with Gasteiger partial charge in [-0.05, 0) is 52.2 Å². The molecule has 1 aliphatic heterocycles. The van der Waals surface area contributed by atoms with E-state index in [9.17, 15) is 0 Å². The lowest BCUT2D eigenvalue weighted by Gasteiger charge is -2.29. The number of benzene rings is 1. The summed E-state index contributed by atoms with van der Waals surface area (Å²) in [5, 5.41) is 4.42. The average molecular weight is 295 g/mol. The quantitative estimate of drug-likeness (QED) is 0.885. The average Bonchev–Trinajstić information content (AvgIpc) is 2.65. The predicted molar refractivity (Wildman–Crippen MR) is 88.6 cm³/mol. The Kier molecular flexibility index (Phi) is 4.66. The van der Waals surface area contributed by atoms with Gasteiger partial charge in [-0.2, -0.15) is 0 Å². The van der Waals surface area contributed by atoms with E-state index in [0.29, 0.717) is 6.04 Å². The van der Waals surface area contributed by atoms with E-state index in [4.69, 9.17) is 11.6 Å². The zero-order valence-corrected chi connectivity index (χ0v) is 14.1. The van der Waals surface area contributed by atoms with Gasteiger partial charge in [-0.3, -0.25) is 0 Å². The molecule has 1 N–H and O–H groups in total. The highest BCUT2D eigenvalue weighted by molar-refractivity contribution is 6.31. The molecule has 2 nitrogen and oxygen atoms in total. The first kappa shape index (κ1) is 15.7. The van der Waals surface area contributed by atoms with Gasteiger partial charge in [0, 0.05) is 40.9 Å². The number of hydrogen-bond acceptors (Lipinski definition) is 2. The molecular formula is C17H27ClN2. The Morgan fingerprint density at radius 2 is 2.00 bits per heavy atom. The number of nitrogens with zero attached hydrogens (tertiary/aromatic N) is 1. The number of anilines is 1. The number of hydrogen-bond donors (Lipinski definition) is 1. The lowest BCUT2D eigenvalue weighted by Crippen LogP contribution is -2.36. The van der Waals surface area contributed by atoms with Gasteiger partial charge < -0.3 is 10.2 Å². The Balaban J connectivity index is 2.27. The van der Waals surface area contributed by atoms with Crippen molar-refractivity contribution in [3.8, 4) is 0 Å². The van der Waals surface area contributed by atoms with Crippen molar-refractivity contribution in [3.63, 3.8) is 0 Å². The third-order valence-corrected chi connectivity index (χ3v) is 4.34. The van der Waals surface area contributed by atoms with Crippen LogP contribution in [0.4, 0.5) is 5.69 Å². The second-order valence-electron chi connectivity index (χ2n) is 7.18. The highest BCUT2D eigenvalue weighted by Crippen LogP contribution is 2.34. The smallest absolute Gasteiger partial charge is 0.0471 e. The van der Waals surface area contributed by atoms with Gasteiger partial charge in [0.05, 0.1) is 0 Å². The Morgan fingerprint density at radius 3 is 2.55 bits per heavy atom. The fourth-order valence-corrected chi connectivity index (χ4v) is 3.22. The summed E-state index contributed by atoms with van der Waals surface area (Å²) in [4.78, 5) is 2.51. The van der Waals surface area contributed by atoms with Gasteiger partial charge in [0.1, 0.15) is 0 Å². The molecule has 20 heavy (non-hydrogen) atoms. The molecule has 0 bridgehead atoms. The zero-order valence-electron chi connectivity index (χ0n) is 13.3. The van der Waals surface area contributed by atoms with Crippen molar-refractivity contribution in [2.75, 3.05) is 11.4 Å². The van der Waals surface area contributed by atoms with Gasteiger partial charge in [-0.1, -0.05) is 24.6 Å². The van der Waals surface area contributed by atoms with E-state index in [1.54, 1.807) is 0 Å². The number of halogens is 1. The molecule has 2 rings (SSSR count). The molecule has 3 heteroatoms. The predicted octanol–water partition coefficient (Wildman–Crippen LogP) is 4.46. The first-order valence-corrected chi connectivity index (χ1v) is 7.95. The van der Waals surface area contributed by atoms with E-state index in [-0.39, 0.29) is 5.54 Å². The summed E-state index contributed by atoms with van der Waals surface area (Å²) in [7, 11) is 0. The molecule has 0 radical (unpaired) electrons. The summed E-state index contributed by atoms with van der Waals surface area (Å²) in [6.07, 6.45) is 1.26. The van der Waals surface area contributed by atoms with Crippen LogP contribution in [0.25, 0.3) is 0 Å². The summed E-state index contributed by atoms with van der Waals surface area (Å²) in [6.45, 7) is 13.1. The van der Waals surface area contributed by atoms with E-state index >= 15 is 0 Å². The van der Waals surface area contributed by atoms with Gasteiger partial charge in [0.25, 0.3) is 0 Å². The van der Waals surface area contributed by atoms with Crippen molar-refractivity contribution in [2.24, 2.45) is 5.92 Å². The summed E-state index contributed by atoms with van der Waals surface area (Å²) < 4.78 is 0.